The number of hydrogen-bond acceptors (Lipinski definition) is 6. The van der Waals surface area contributed by atoms with Crippen LogP contribution < -0.4 is 9.47 Å². The maximum atomic E-state index is 14.5. The van der Waals surface area contributed by atoms with Crippen LogP contribution in [0.5, 0.6) is 23.0 Å². The van der Waals surface area contributed by atoms with E-state index in [1.54, 1.807) is 24.3 Å². The van der Waals surface area contributed by atoms with Gasteiger partial charge in [-0.05, 0) is 47.5 Å². The maximum Gasteiger partial charge on any atom is 0.417 e. The molecule has 0 saturated carbocycles. The second-order valence-electron chi connectivity index (χ2n) is 8.88. The summed E-state index contributed by atoms with van der Waals surface area (Å²) >= 11 is 0. The zero-order valence-electron chi connectivity index (χ0n) is 19.9. The topological polar surface area (TPSA) is 71.4 Å². The quantitative estimate of drug-likeness (QED) is 0.459. The van der Waals surface area contributed by atoms with Crippen LogP contribution in [0.3, 0.4) is 0 Å². The molecule has 2 N–H and O–H groups in total. The Bertz CT molecular complexity index is 1270. The van der Waals surface area contributed by atoms with Crippen LogP contribution in [-0.2, 0) is 4.74 Å². The second kappa shape index (κ2) is 10.4. The van der Waals surface area contributed by atoms with Crippen LogP contribution in [0.1, 0.15) is 22.8 Å². The predicted octanol–water partition coefficient (Wildman–Crippen LogP) is 5.42. The number of phenols is 2. The zero-order chi connectivity index (χ0) is 26.0. The molecule has 2 aliphatic heterocycles. The lowest BCUT2D eigenvalue weighted by atomic mass is 9.85. The van der Waals surface area contributed by atoms with Crippen molar-refractivity contribution in [3.63, 3.8) is 0 Å². The number of ether oxygens (including phenoxy) is 3. The molecule has 1 fully saturated rings. The highest BCUT2D eigenvalue weighted by molar-refractivity contribution is 5.98. The summed E-state index contributed by atoms with van der Waals surface area (Å²) in [5.41, 5.74) is -0.339. The molecule has 2 heterocycles. The van der Waals surface area contributed by atoms with Gasteiger partial charge in [-0.1, -0.05) is 24.3 Å². The number of hydrogen-bond donors (Lipinski definition) is 2. The van der Waals surface area contributed by atoms with Crippen LogP contribution in [0.25, 0.3) is 11.1 Å². The summed E-state index contributed by atoms with van der Waals surface area (Å²) in [6, 6.07) is 15.9. The van der Waals surface area contributed by atoms with Gasteiger partial charge in [-0.15, -0.1) is 0 Å². The summed E-state index contributed by atoms with van der Waals surface area (Å²) in [6.45, 7) is 4.34. The Morgan fingerprint density at radius 3 is 2.24 bits per heavy atom. The Labute approximate surface area is 212 Å². The molecule has 37 heavy (non-hydrogen) atoms. The van der Waals surface area contributed by atoms with Crippen molar-refractivity contribution in [1.29, 1.82) is 0 Å². The molecule has 194 valence electrons. The first-order valence-corrected chi connectivity index (χ1v) is 11.9. The fraction of sp³-hybridized carbons (Fsp3) is 0.286. The number of fused-ring (bicyclic) bond motifs is 1. The van der Waals surface area contributed by atoms with Crippen LogP contribution in [0.4, 0.5) is 13.2 Å². The van der Waals surface area contributed by atoms with E-state index in [-0.39, 0.29) is 33.9 Å². The van der Waals surface area contributed by atoms with Gasteiger partial charge in [-0.3, -0.25) is 4.90 Å². The van der Waals surface area contributed by atoms with Crippen molar-refractivity contribution in [3.8, 4) is 23.0 Å². The molecular formula is C28H26F3NO5. The van der Waals surface area contributed by atoms with E-state index < -0.39 is 17.9 Å². The van der Waals surface area contributed by atoms with Crippen LogP contribution in [-0.4, -0.2) is 60.7 Å². The van der Waals surface area contributed by atoms with E-state index in [0.717, 1.165) is 19.6 Å². The summed E-state index contributed by atoms with van der Waals surface area (Å²) in [5, 5.41) is 19.6. The minimum Gasteiger partial charge on any atom is -0.508 e. The lowest BCUT2D eigenvalue weighted by Crippen LogP contribution is -2.38. The number of alkyl halides is 3. The molecule has 1 saturated heterocycles. The van der Waals surface area contributed by atoms with Gasteiger partial charge in [-0.2, -0.15) is 13.2 Å². The first-order valence-electron chi connectivity index (χ1n) is 11.9. The summed E-state index contributed by atoms with van der Waals surface area (Å²) in [6.07, 6.45) is -5.82. The minimum absolute atomic E-state index is 0.0601. The average Bonchev–Trinajstić information content (AvgIpc) is 2.88. The highest BCUT2D eigenvalue weighted by Gasteiger charge is 2.44. The van der Waals surface area contributed by atoms with Gasteiger partial charge in [-0.25, -0.2) is 0 Å². The average molecular weight is 514 g/mol. The molecule has 9 heteroatoms. The summed E-state index contributed by atoms with van der Waals surface area (Å²) in [5.74, 6) is 0.272. The van der Waals surface area contributed by atoms with Crippen molar-refractivity contribution in [2.45, 2.75) is 12.3 Å². The summed E-state index contributed by atoms with van der Waals surface area (Å²) < 4.78 is 60.8. The predicted molar refractivity (Wildman–Crippen MR) is 132 cm³/mol. The van der Waals surface area contributed by atoms with Crippen LogP contribution >= 0.6 is 0 Å². The molecule has 0 amide bonds. The van der Waals surface area contributed by atoms with Gasteiger partial charge in [0.1, 0.15) is 29.6 Å². The van der Waals surface area contributed by atoms with E-state index in [0.29, 0.717) is 31.1 Å². The second-order valence-corrected chi connectivity index (χ2v) is 8.88. The van der Waals surface area contributed by atoms with Crippen molar-refractivity contribution in [2.24, 2.45) is 0 Å². The van der Waals surface area contributed by atoms with E-state index in [4.69, 9.17) is 14.2 Å². The number of nitrogens with zero attached hydrogens (tertiary/aromatic N) is 1. The van der Waals surface area contributed by atoms with Crippen LogP contribution in [0.2, 0.25) is 0 Å². The zero-order valence-corrected chi connectivity index (χ0v) is 19.9. The van der Waals surface area contributed by atoms with E-state index >= 15 is 0 Å². The van der Waals surface area contributed by atoms with Gasteiger partial charge in [0.05, 0.1) is 18.8 Å². The van der Waals surface area contributed by atoms with Crippen molar-refractivity contribution in [3.05, 3.63) is 83.4 Å². The highest BCUT2D eigenvalue weighted by Crippen LogP contribution is 2.53. The van der Waals surface area contributed by atoms with Gasteiger partial charge in [0.15, 0.2) is 6.10 Å². The molecule has 5 rings (SSSR count). The molecule has 3 aromatic carbocycles. The van der Waals surface area contributed by atoms with Crippen molar-refractivity contribution in [2.75, 3.05) is 39.5 Å². The van der Waals surface area contributed by atoms with E-state index in [2.05, 4.69) is 4.90 Å². The van der Waals surface area contributed by atoms with E-state index in [9.17, 15) is 23.4 Å². The smallest absolute Gasteiger partial charge is 0.417 e. The Morgan fingerprint density at radius 1 is 0.892 bits per heavy atom. The van der Waals surface area contributed by atoms with Gasteiger partial charge < -0.3 is 24.4 Å². The number of aromatic hydroxyl groups is 2. The van der Waals surface area contributed by atoms with Crippen molar-refractivity contribution in [1.82, 2.24) is 4.90 Å². The summed E-state index contributed by atoms with van der Waals surface area (Å²) in [4.78, 5) is 2.24. The van der Waals surface area contributed by atoms with Gasteiger partial charge in [0.2, 0.25) is 0 Å². The van der Waals surface area contributed by atoms with E-state index in [1.165, 1.54) is 42.5 Å². The third kappa shape index (κ3) is 5.52. The molecular weight excluding hydrogens is 487 g/mol. The fourth-order valence-corrected chi connectivity index (χ4v) is 4.61. The van der Waals surface area contributed by atoms with E-state index in [1.807, 2.05) is 0 Å². The monoisotopic (exact) mass is 513 g/mol. The Hall–Kier alpha value is -3.69. The molecule has 2 aliphatic rings. The maximum absolute atomic E-state index is 14.5. The molecule has 1 unspecified atom stereocenters. The first kappa shape index (κ1) is 25.0. The van der Waals surface area contributed by atoms with Crippen molar-refractivity contribution < 1.29 is 37.6 Å². The van der Waals surface area contributed by atoms with Gasteiger partial charge in [0.25, 0.3) is 0 Å². The number of halogens is 3. The number of rotatable bonds is 6. The molecule has 0 aliphatic carbocycles. The Balaban J connectivity index is 1.48. The number of allylic oxidation sites excluding steroid dienone is 1. The third-order valence-corrected chi connectivity index (χ3v) is 6.44. The normalized spacial score (nSPS) is 18.3. The fourth-order valence-electron chi connectivity index (χ4n) is 4.61. The molecule has 3 aromatic rings. The Kier molecular flexibility index (Phi) is 6.99. The molecule has 1 atom stereocenters. The SMILES string of the molecule is Oc1ccc(C2=C(C(F)(F)F)c3ccc(O)cc3OC2c2ccc(OCCN3CCOCC3)cc2)cc1. The lowest BCUT2D eigenvalue weighted by Gasteiger charge is -2.33. The number of phenolic OH excluding ortho intramolecular Hbond substituents is 2. The first-order chi connectivity index (χ1) is 17.8. The van der Waals surface area contributed by atoms with Crippen LogP contribution in [0, 0.1) is 0 Å². The van der Waals surface area contributed by atoms with Crippen LogP contribution in [0.15, 0.2) is 66.7 Å². The molecule has 0 radical (unpaired) electrons. The van der Waals surface area contributed by atoms with Gasteiger partial charge >= 0.3 is 6.18 Å². The van der Waals surface area contributed by atoms with Crippen molar-refractivity contribution >= 4 is 11.1 Å². The van der Waals surface area contributed by atoms with Gasteiger partial charge in [0, 0.05) is 36.8 Å². The standard InChI is InChI=1S/C28H26F3NO5/c29-28(30,31)26-23-10-7-21(34)17-24(23)37-27(25(26)18-1-5-20(33)6-2-18)19-3-8-22(9-4-19)36-16-13-32-11-14-35-15-12-32/h1-10,17,27,33-34H,11-16H2. The molecule has 6 nitrogen and oxygen atoms in total. The number of morpholine rings is 1. The third-order valence-electron chi connectivity index (χ3n) is 6.44. The number of benzene rings is 3. The lowest BCUT2D eigenvalue weighted by molar-refractivity contribution is -0.0695. The molecule has 0 spiro atoms. The molecule has 0 aromatic heterocycles. The summed E-state index contributed by atoms with van der Waals surface area (Å²) in [7, 11) is 0. The molecule has 0 bridgehead atoms. The highest BCUT2D eigenvalue weighted by atomic mass is 19.4. The largest absolute Gasteiger partial charge is 0.508 e. The minimum atomic E-state index is -4.70. The Morgan fingerprint density at radius 2 is 1.57 bits per heavy atom.